The summed E-state index contributed by atoms with van der Waals surface area (Å²) in [6.45, 7) is 4.84. The van der Waals surface area contributed by atoms with Crippen LogP contribution in [0.5, 0.6) is 0 Å². The molecule has 0 rings (SSSR count). The zero-order valence-electron chi connectivity index (χ0n) is 7.61. The molecule has 1 amide bonds. The third kappa shape index (κ3) is 7.33. The van der Waals surface area contributed by atoms with E-state index in [0.29, 0.717) is 6.42 Å². The molecule has 66 valence electrons. The zero-order chi connectivity index (χ0) is 8.69. The molecular weight excluding hydrogens is 140 g/mol. The Kier molecular flexibility index (Phi) is 5.84. The topological polar surface area (TPSA) is 41.1 Å². The zero-order valence-corrected chi connectivity index (χ0v) is 7.61. The average Bonchev–Trinajstić information content (AvgIpc) is 1.86. The van der Waals surface area contributed by atoms with E-state index in [1.54, 1.807) is 0 Å². The average molecular weight is 158 g/mol. The highest BCUT2D eigenvalue weighted by atomic mass is 16.1. The molecule has 0 aliphatic heterocycles. The Hall–Kier alpha value is -0.570. The van der Waals surface area contributed by atoms with Gasteiger partial charge in [0, 0.05) is 12.5 Å². The minimum absolute atomic E-state index is 0.148. The molecule has 0 spiro atoms. The second kappa shape index (κ2) is 6.16. The van der Waals surface area contributed by atoms with E-state index < -0.39 is 0 Å². The SMILES string of the molecule is CNCCCC(=O)NC(C)C. The van der Waals surface area contributed by atoms with Crippen molar-refractivity contribution in [3.05, 3.63) is 0 Å². The van der Waals surface area contributed by atoms with Crippen LogP contribution in [0, 0.1) is 0 Å². The molecule has 11 heavy (non-hydrogen) atoms. The molecule has 3 nitrogen and oxygen atoms in total. The van der Waals surface area contributed by atoms with E-state index >= 15 is 0 Å². The second-order valence-corrected chi connectivity index (χ2v) is 2.93. The number of amides is 1. The minimum Gasteiger partial charge on any atom is -0.354 e. The first-order valence-corrected chi connectivity index (χ1v) is 4.10. The largest absolute Gasteiger partial charge is 0.354 e. The second-order valence-electron chi connectivity index (χ2n) is 2.93. The van der Waals surface area contributed by atoms with Gasteiger partial charge in [-0.15, -0.1) is 0 Å². The fourth-order valence-electron chi connectivity index (χ4n) is 0.820. The first kappa shape index (κ1) is 10.4. The molecule has 0 aromatic carbocycles. The van der Waals surface area contributed by atoms with Crippen molar-refractivity contribution in [2.75, 3.05) is 13.6 Å². The normalized spacial score (nSPS) is 10.2. The predicted octanol–water partition coefficient (Wildman–Crippen LogP) is 0.511. The van der Waals surface area contributed by atoms with E-state index in [9.17, 15) is 4.79 Å². The Labute approximate surface area is 68.6 Å². The van der Waals surface area contributed by atoms with Crippen molar-refractivity contribution in [2.24, 2.45) is 0 Å². The molecule has 0 heterocycles. The summed E-state index contributed by atoms with van der Waals surface area (Å²) in [6.07, 6.45) is 1.54. The standard InChI is InChI=1S/C8H18N2O/c1-7(2)10-8(11)5-4-6-9-3/h7,9H,4-6H2,1-3H3,(H,10,11). The van der Waals surface area contributed by atoms with Gasteiger partial charge in [-0.05, 0) is 33.9 Å². The van der Waals surface area contributed by atoms with Crippen molar-refractivity contribution >= 4 is 5.91 Å². The molecule has 0 aliphatic carbocycles. The lowest BCUT2D eigenvalue weighted by Crippen LogP contribution is -2.30. The number of rotatable bonds is 5. The van der Waals surface area contributed by atoms with Crippen LogP contribution in [0.2, 0.25) is 0 Å². The van der Waals surface area contributed by atoms with E-state index in [-0.39, 0.29) is 11.9 Å². The van der Waals surface area contributed by atoms with Crippen LogP contribution in [0.25, 0.3) is 0 Å². The van der Waals surface area contributed by atoms with Gasteiger partial charge in [0.05, 0.1) is 0 Å². The van der Waals surface area contributed by atoms with Gasteiger partial charge in [-0.1, -0.05) is 0 Å². The molecule has 0 saturated carbocycles. The Morgan fingerprint density at radius 2 is 2.09 bits per heavy atom. The van der Waals surface area contributed by atoms with Crippen LogP contribution in [0.1, 0.15) is 26.7 Å². The van der Waals surface area contributed by atoms with Gasteiger partial charge in [-0.2, -0.15) is 0 Å². The lowest BCUT2D eigenvalue weighted by molar-refractivity contribution is -0.121. The molecular formula is C8H18N2O. The predicted molar refractivity (Wildman–Crippen MR) is 46.4 cm³/mol. The van der Waals surface area contributed by atoms with Gasteiger partial charge in [0.25, 0.3) is 0 Å². The maximum atomic E-state index is 11.0. The summed E-state index contributed by atoms with van der Waals surface area (Å²) in [5.41, 5.74) is 0. The van der Waals surface area contributed by atoms with Crippen molar-refractivity contribution in [3.8, 4) is 0 Å². The summed E-state index contributed by atoms with van der Waals surface area (Å²) in [4.78, 5) is 11.0. The van der Waals surface area contributed by atoms with Crippen LogP contribution in [0.3, 0.4) is 0 Å². The highest BCUT2D eigenvalue weighted by Gasteiger charge is 2.00. The molecule has 0 aliphatic rings. The monoisotopic (exact) mass is 158 g/mol. The van der Waals surface area contributed by atoms with Gasteiger partial charge in [-0.3, -0.25) is 4.79 Å². The molecule has 3 heteroatoms. The number of carbonyl (C=O) groups excluding carboxylic acids is 1. The maximum absolute atomic E-state index is 11.0. The number of hydrogen-bond donors (Lipinski definition) is 2. The third-order valence-electron chi connectivity index (χ3n) is 1.28. The van der Waals surface area contributed by atoms with Crippen molar-refractivity contribution in [1.29, 1.82) is 0 Å². The Bertz CT molecular complexity index is 113. The van der Waals surface area contributed by atoms with Gasteiger partial charge in [-0.25, -0.2) is 0 Å². The summed E-state index contributed by atoms with van der Waals surface area (Å²) in [6, 6.07) is 0.261. The summed E-state index contributed by atoms with van der Waals surface area (Å²) in [5, 5.41) is 5.83. The molecule has 0 atom stereocenters. The van der Waals surface area contributed by atoms with Gasteiger partial charge >= 0.3 is 0 Å². The first-order valence-electron chi connectivity index (χ1n) is 4.10. The summed E-state index contributed by atoms with van der Waals surface area (Å²) in [5.74, 6) is 0.148. The van der Waals surface area contributed by atoms with Crippen LogP contribution >= 0.6 is 0 Å². The van der Waals surface area contributed by atoms with Crippen LogP contribution in [-0.2, 0) is 4.79 Å². The van der Waals surface area contributed by atoms with Crippen molar-refractivity contribution in [2.45, 2.75) is 32.7 Å². The molecule has 2 N–H and O–H groups in total. The number of nitrogens with one attached hydrogen (secondary N) is 2. The quantitative estimate of drug-likeness (QED) is 0.572. The Balaban J connectivity index is 3.23. The molecule has 0 bridgehead atoms. The molecule has 0 fully saturated rings. The molecule has 0 unspecified atom stereocenters. The van der Waals surface area contributed by atoms with Gasteiger partial charge < -0.3 is 10.6 Å². The van der Waals surface area contributed by atoms with Gasteiger partial charge in [0.2, 0.25) is 5.91 Å². The molecule has 0 saturated heterocycles. The highest BCUT2D eigenvalue weighted by Crippen LogP contribution is 1.88. The van der Waals surface area contributed by atoms with E-state index in [2.05, 4.69) is 10.6 Å². The van der Waals surface area contributed by atoms with Crippen molar-refractivity contribution in [1.82, 2.24) is 10.6 Å². The first-order chi connectivity index (χ1) is 5.16. The fraction of sp³-hybridized carbons (Fsp3) is 0.875. The van der Waals surface area contributed by atoms with E-state index in [0.717, 1.165) is 13.0 Å². The van der Waals surface area contributed by atoms with Gasteiger partial charge in [0.15, 0.2) is 0 Å². The molecule has 0 aromatic heterocycles. The maximum Gasteiger partial charge on any atom is 0.220 e. The minimum atomic E-state index is 0.148. The summed E-state index contributed by atoms with van der Waals surface area (Å²) >= 11 is 0. The van der Waals surface area contributed by atoms with E-state index in [1.165, 1.54) is 0 Å². The fourth-order valence-corrected chi connectivity index (χ4v) is 0.820. The Morgan fingerprint density at radius 1 is 1.45 bits per heavy atom. The summed E-state index contributed by atoms with van der Waals surface area (Å²) in [7, 11) is 1.89. The van der Waals surface area contributed by atoms with E-state index in [4.69, 9.17) is 0 Å². The Morgan fingerprint density at radius 3 is 2.55 bits per heavy atom. The molecule has 0 aromatic rings. The van der Waals surface area contributed by atoms with Crippen LogP contribution in [-0.4, -0.2) is 25.5 Å². The van der Waals surface area contributed by atoms with E-state index in [1.807, 2.05) is 20.9 Å². The lowest BCUT2D eigenvalue weighted by atomic mass is 10.3. The lowest BCUT2D eigenvalue weighted by Gasteiger charge is -2.07. The number of hydrogen-bond acceptors (Lipinski definition) is 2. The van der Waals surface area contributed by atoms with Crippen molar-refractivity contribution < 1.29 is 4.79 Å². The number of carbonyl (C=O) groups is 1. The van der Waals surface area contributed by atoms with Crippen LogP contribution < -0.4 is 10.6 Å². The third-order valence-corrected chi connectivity index (χ3v) is 1.28. The highest BCUT2D eigenvalue weighted by molar-refractivity contribution is 5.76. The van der Waals surface area contributed by atoms with Crippen LogP contribution in [0.4, 0.5) is 0 Å². The van der Waals surface area contributed by atoms with Crippen molar-refractivity contribution in [3.63, 3.8) is 0 Å². The van der Waals surface area contributed by atoms with Crippen LogP contribution in [0.15, 0.2) is 0 Å². The van der Waals surface area contributed by atoms with Gasteiger partial charge in [0.1, 0.15) is 0 Å². The smallest absolute Gasteiger partial charge is 0.220 e. The summed E-state index contributed by atoms with van der Waals surface area (Å²) < 4.78 is 0. The molecule has 0 radical (unpaired) electrons.